The van der Waals surface area contributed by atoms with E-state index in [1.165, 1.54) is 0 Å². The Labute approximate surface area is 241 Å². The highest BCUT2D eigenvalue weighted by atomic mass is 19.1. The molecule has 3 aromatic rings. The molecule has 0 spiro atoms. The van der Waals surface area contributed by atoms with Gasteiger partial charge in [-0.25, -0.2) is 22.9 Å². The van der Waals surface area contributed by atoms with Crippen LogP contribution in [0.3, 0.4) is 0 Å². The number of imidazole rings is 1. The molecule has 1 aliphatic heterocycles. The molecule has 2 amide bonds. The van der Waals surface area contributed by atoms with Crippen LogP contribution in [-0.2, 0) is 6.54 Å². The summed E-state index contributed by atoms with van der Waals surface area (Å²) in [4.78, 5) is 22.8. The fourth-order valence-electron chi connectivity index (χ4n) is 5.65. The molecule has 2 heterocycles. The van der Waals surface area contributed by atoms with Gasteiger partial charge in [-0.1, -0.05) is 51.1 Å². The van der Waals surface area contributed by atoms with Gasteiger partial charge in [0.25, 0.3) is 0 Å². The minimum absolute atomic E-state index is 0.0587. The molecule has 2 atom stereocenters. The molecule has 2 N–H and O–H groups in total. The largest absolute Gasteiger partial charge is 0.328 e. The molecule has 0 radical (unpaired) electrons. The third kappa shape index (κ3) is 6.94. The number of aromatic nitrogens is 2. The number of carbonyl (C=O) groups excluding carboxylic acids is 1. The number of carbonyl (C=O) groups is 1. The zero-order valence-electron chi connectivity index (χ0n) is 24.3. The van der Waals surface area contributed by atoms with E-state index in [1.807, 2.05) is 44.7 Å². The van der Waals surface area contributed by atoms with E-state index < -0.39 is 35.8 Å². The number of nitrogens with two attached hydrogens (primary N) is 1. The number of alkyl halides is 1. The van der Waals surface area contributed by atoms with E-state index in [2.05, 4.69) is 20.8 Å². The van der Waals surface area contributed by atoms with E-state index in [0.717, 1.165) is 49.4 Å². The standard InChI is InChI=1S/C32H42F3N5O/c1-4-32(3,5-2)29(40(18-15-25(36)20-33)31(41)38-16-9-10-17-38)30-37-28(26-19-24(34)13-14-27(26)35)22-39(30)21-23-11-7-6-8-12-23/h6-8,11-14,19,22,25,29H,4-5,9-10,15-18,20-21,36H2,1-3H3/t25-,29-/m0/s1. The molecule has 0 saturated carbocycles. The fourth-order valence-corrected chi connectivity index (χ4v) is 5.65. The number of likely N-dealkylation sites (tertiary alicyclic amines) is 1. The van der Waals surface area contributed by atoms with Gasteiger partial charge in [0, 0.05) is 44.0 Å². The molecule has 222 valence electrons. The van der Waals surface area contributed by atoms with Gasteiger partial charge >= 0.3 is 6.03 Å². The van der Waals surface area contributed by atoms with Crippen molar-refractivity contribution in [2.45, 2.75) is 71.5 Å². The molecule has 4 rings (SSSR count). The summed E-state index contributed by atoms with van der Waals surface area (Å²) in [5.74, 6) is -0.554. The van der Waals surface area contributed by atoms with Crippen molar-refractivity contribution in [2.24, 2.45) is 11.1 Å². The molecule has 0 bridgehead atoms. The second-order valence-corrected chi connectivity index (χ2v) is 11.4. The van der Waals surface area contributed by atoms with Crippen LogP contribution >= 0.6 is 0 Å². The van der Waals surface area contributed by atoms with Crippen LogP contribution in [0.15, 0.2) is 54.7 Å². The predicted molar refractivity (Wildman–Crippen MR) is 156 cm³/mol. The third-order valence-corrected chi connectivity index (χ3v) is 8.60. The summed E-state index contributed by atoms with van der Waals surface area (Å²) in [6.45, 7) is 7.61. The van der Waals surface area contributed by atoms with Crippen molar-refractivity contribution in [1.82, 2.24) is 19.4 Å². The van der Waals surface area contributed by atoms with Gasteiger partial charge in [-0.15, -0.1) is 0 Å². The van der Waals surface area contributed by atoms with Gasteiger partial charge in [0.05, 0.1) is 11.7 Å². The minimum atomic E-state index is -0.694. The lowest BCUT2D eigenvalue weighted by Gasteiger charge is -2.44. The predicted octanol–water partition coefficient (Wildman–Crippen LogP) is 6.95. The highest BCUT2D eigenvalue weighted by Gasteiger charge is 2.43. The molecule has 6 nitrogen and oxygen atoms in total. The van der Waals surface area contributed by atoms with Crippen LogP contribution in [0.2, 0.25) is 0 Å². The normalized spacial score (nSPS) is 15.2. The van der Waals surface area contributed by atoms with Crippen LogP contribution in [-0.4, -0.2) is 57.7 Å². The first-order valence-corrected chi connectivity index (χ1v) is 14.6. The summed E-state index contributed by atoms with van der Waals surface area (Å²) in [5, 5.41) is 0. The van der Waals surface area contributed by atoms with Crippen molar-refractivity contribution in [3.05, 3.63) is 77.8 Å². The van der Waals surface area contributed by atoms with Gasteiger partial charge in [-0.2, -0.15) is 0 Å². The van der Waals surface area contributed by atoms with E-state index in [-0.39, 0.29) is 18.1 Å². The maximum Gasteiger partial charge on any atom is 0.320 e. The Balaban J connectivity index is 1.91. The van der Waals surface area contributed by atoms with Gasteiger partial charge in [0.15, 0.2) is 0 Å². The smallest absolute Gasteiger partial charge is 0.320 e. The number of urea groups is 1. The van der Waals surface area contributed by atoms with E-state index >= 15 is 0 Å². The average molecular weight is 570 g/mol. The Morgan fingerprint density at radius 1 is 1.10 bits per heavy atom. The Morgan fingerprint density at radius 3 is 2.41 bits per heavy atom. The van der Waals surface area contributed by atoms with Crippen LogP contribution in [0.4, 0.5) is 18.0 Å². The molecule has 0 aliphatic carbocycles. The highest BCUT2D eigenvalue weighted by Crippen LogP contribution is 2.45. The highest BCUT2D eigenvalue weighted by molar-refractivity contribution is 5.75. The monoisotopic (exact) mass is 569 g/mol. The maximum absolute atomic E-state index is 15.0. The van der Waals surface area contributed by atoms with Crippen LogP contribution in [0.1, 0.15) is 70.3 Å². The lowest BCUT2D eigenvalue weighted by atomic mass is 9.76. The molecule has 1 aromatic heterocycles. The van der Waals surface area contributed by atoms with Crippen molar-refractivity contribution in [3.63, 3.8) is 0 Å². The van der Waals surface area contributed by atoms with Gasteiger partial charge < -0.3 is 20.1 Å². The second-order valence-electron chi connectivity index (χ2n) is 11.4. The molecule has 41 heavy (non-hydrogen) atoms. The molecule has 1 saturated heterocycles. The summed E-state index contributed by atoms with van der Waals surface area (Å²) >= 11 is 0. The van der Waals surface area contributed by atoms with Crippen LogP contribution in [0.5, 0.6) is 0 Å². The SMILES string of the molecule is CCC(C)(CC)[C@H](c1nc(-c2cc(F)ccc2F)cn1Cc1ccccc1)N(CC[C@H](N)CF)C(=O)N1CCCC1. The Kier molecular flexibility index (Phi) is 10.1. The van der Waals surface area contributed by atoms with Crippen molar-refractivity contribution in [2.75, 3.05) is 26.3 Å². The summed E-state index contributed by atoms with van der Waals surface area (Å²) < 4.78 is 44.7. The number of hydrogen-bond donors (Lipinski definition) is 1. The number of halogens is 3. The molecule has 1 aliphatic rings. The molecule has 0 unspecified atom stereocenters. The molecule has 2 aromatic carbocycles. The van der Waals surface area contributed by atoms with E-state index in [0.29, 0.717) is 37.6 Å². The fraction of sp³-hybridized carbons (Fsp3) is 0.500. The van der Waals surface area contributed by atoms with Gasteiger partial charge in [-0.3, -0.25) is 0 Å². The second kappa shape index (κ2) is 13.6. The zero-order valence-corrected chi connectivity index (χ0v) is 24.3. The topological polar surface area (TPSA) is 67.4 Å². The van der Waals surface area contributed by atoms with Crippen molar-refractivity contribution >= 4 is 6.03 Å². The van der Waals surface area contributed by atoms with E-state index in [1.54, 1.807) is 6.20 Å². The minimum Gasteiger partial charge on any atom is -0.328 e. The lowest BCUT2D eigenvalue weighted by Crippen LogP contribution is -2.50. The van der Waals surface area contributed by atoms with Gasteiger partial charge in [-0.05, 0) is 61.3 Å². The Hall–Kier alpha value is -3.33. The first-order valence-electron chi connectivity index (χ1n) is 14.6. The van der Waals surface area contributed by atoms with Crippen molar-refractivity contribution in [3.8, 4) is 11.3 Å². The first-order chi connectivity index (χ1) is 19.7. The quantitative estimate of drug-likeness (QED) is 0.257. The lowest BCUT2D eigenvalue weighted by molar-refractivity contribution is 0.0621. The number of benzene rings is 2. The maximum atomic E-state index is 15.0. The number of nitrogens with zero attached hydrogens (tertiary/aromatic N) is 4. The van der Waals surface area contributed by atoms with Crippen LogP contribution in [0.25, 0.3) is 11.3 Å². The zero-order chi connectivity index (χ0) is 29.6. The average Bonchev–Trinajstić information content (AvgIpc) is 3.67. The molecular weight excluding hydrogens is 527 g/mol. The van der Waals surface area contributed by atoms with E-state index in [9.17, 15) is 18.0 Å². The van der Waals surface area contributed by atoms with Crippen molar-refractivity contribution in [1.29, 1.82) is 0 Å². The van der Waals surface area contributed by atoms with E-state index in [4.69, 9.17) is 10.7 Å². The Bertz CT molecular complexity index is 1290. The van der Waals surface area contributed by atoms with Gasteiger partial charge in [0.2, 0.25) is 0 Å². The van der Waals surface area contributed by atoms with Crippen molar-refractivity contribution < 1.29 is 18.0 Å². The van der Waals surface area contributed by atoms with Crippen LogP contribution < -0.4 is 5.73 Å². The number of hydrogen-bond acceptors (Lipinski definition) is 3. The summed E-state index contributed by atoms with van der Waals surface area (Å²) in [7, 11) is 0. The number of rotatable bonds is 12. The molecule has 1 fully saturated rings. The third-order valence-electron chi connectivity index (χ3n) is 8.60. The summed E-state index contributed by atoms with van der Waals surface area (Å²) in [6, 6.07) is 11.8. The molecular formula is C32H42F3N5O. The Morgan fingerprint density at radius 2 is 1.78 bits per heavy atom. The summed E-state index contributed by atoms with van der Waals surface area (Å²) in [6.07, 6.45) is 5.35. The van der Waals surface area contributed by atoms with Crippen LogP contribution in [0, 0.1) is 17.0 Å². The van der Waals surface area contributed by atoms with Gasteiger partial charge in [0.1, 0.15) is 24.1 Å². The number of amides is 2. The first kappa shape index (κ1) is 30.6. The summed E-state index contributed by atoms with van der Waals surface area (Å²) in [5.41, 5.74) is 6.94. The molecule has 9 heteroatoms.